The van der Waals surface area contributed by atoms with Gasteiger partial charge in [0.05, 0.1) is 26.4 Å². The normalized spacial score (nSPS) is 20.0. The van der Waals surface area contributed by atoms with E-state index in [1.165, 1.54) is 0 Å². The van der Waals surface area contributed by atoms with E-state index in [1.807, 2.05) is 43.0 Å². The number of carbonyl (C=O) groups is 1. The second-order valence-corrected chi connectivity index (χ2v) is 9.35. The van der Waals surface area contributed by atoms with Crippen molar-refractivity contribution in [2.45, 2.75) is 38.8 Å². The zero-order valence-corrected chi connectivity index (χ0v) is 19.8. The molecular formula is C25H30ClNO5. The van der Waals surface area contributed by atoms with Crippen molar-refractivity contribution >= 4 is 17.5 Å². The molecule has 0 saturated carbocycles. The van der Waals surface area contributed by atoms with Crippen molar-refractivity contribution in [3.8, 4) is 28.4 Å². The van der Waals surface area contributed by atoms with Gasteiger partial charge >= 0.3 is 0 Å². The molecule has 4 rings (SSSR count). The number of ether oxygens (including phenoxy) is 4. The van der Waals surface area contributed by atoms with Gasteiger partial charge in [-0.25, -0.2) is 0 Å². The number of carbonyl (C=O) groups excluding carboxylic acids is 1. The van der Waals surface area contributed by atoms with Crippen LogP contribution >= 0.6 is 11.6 Å². The first kappa shape index (κ1) is 22.7. The molecule has 1 atom stereocenters. The van der Waals surface area contributed by atoms with Gasteiger partial charge in [0.2, 0.25) is 5.91 Å². The third-order valence-corrected chi connectivity index (χ3v) is 6.39. The molecule has 2 aliphatic rings. The summed E-state index contributed by atoms with van der Waals surface area (Å²) in [6, 6.07) is 9.46. The monoisotopic (exact) mass is 459 g/mol. The summed E-state index contributed by atoms with van der Waals surface area (Å²) in [6.45, 7) is 6.10. The first-order chi connectivity index (χ1) is 15.3. The maximum absolute atomic E-state index is 13.4. The number of methoxy groups -OCH3 is 2. The summed E-state index contributed by atoms with van der Waals surface area (Å²) in [5.41, 5.74) is 2.37. The van der Waals surface area contributed by atoms with E-state index in [-0.39, 0.29) is 17.4 Å². The van der Waals surface area contributed by atoms with Gasteiger partial charge in [0.15, 0.2) is 11.5 Å². The first-order valence-corrected chi connectivity index (χ1v) is 11.3. The highest BCUT2D eigenvalue weighted by molar-refractivity contribution is 6.31. The van der Waals surface area contributed by atoms with Gasteiger partial charge < -0.3 is 23.8 Å². The van der Waals surface area contributed by atoms with Crippen molar-refractivity contribution in [3.63, 3.8) is 0 Å². The van der Waals surface area contributed by atoms with Gasteiger partial charge in [-0.05, 0) is 62.6 Å². The molecule has 2 heterocycles. The maximum atomic E-state index is 13.4. The molecule has 2 aromatic carbocycles. The lowest BCUT2D eigenvalue weighted by Crippen LogP contribution is -2.43. The lowest BCUT2D eigenvalue weighted by atomic mass is 9.87. The fourth-order valence-corrected chi connectivity index (χ4v) is 4.76. The fraction of sp³-hybridized carbons (Fsp3) is 0.480. The van der Waals surface area contributed by atoms with Crippen LogP contribution in [0.5, 0.6) is 17.2 Å². The molecule has 32 heavy (non-hydrogen) atoms. The molecule has 6 nitrogen and oxygen atoms in total. The Morgan fingerprint density at radius 3 is 2.62 bits per heavy atom. The summed E-state index contributed by atoms with van der Waals surface area (Å²) in [5.74, 6) is 2.13. The topological polar surface area (TPSA) is 57.2 Å². The molecule has 0 spiro atoms. The van der Waals surface area contributed by atoms with E-state index in [0.717, 1.165) is 29.5 Å². The van der Waals surface area contributed by atoms with Crippen molar-refractivity contribution in [2.75, 3.05) is 34.0 Å². The van der Waals surface area contributed by atoms with Gasteiger partial charge in [-0.3, -0.25) is 4.79 Å². The third-order valence-electron chi connectivity index (χ3n) is 6.15. The molecule has 1 fully saturated rings. The van der Waals surface area contributed by atoms with E-state index >= 15 is 0 Å². The summed E-state index contributed by atoms with van der Waals surface area (Å²) in [4.78, 5) is 15.3. The number of fused-ring (bicyclic) bond motifs is 1. The number of hydrogen-bond donors (Lipinski definition) is 0. The van der Waals surface area contributed by atoms with Crippen LogP contribution in [0.2, 0.25) is 5.02 Å². The van der Waals surface area contributed by atoms with Crippen molar-refractivity contribution in [3.05, 3.63) is 40.9 Å². The van der Waals surface area contributed by atoms with Crippen LogP contribution in [0.1, 0.15) is 32.3 Å². The van der Waals surface area contributed by atoms with Gasteiger partial charge in [0.1, 0.15) is 12.4 Å². The zero-order chi connectivity index (χ0) is 22.9. The molecule has 2 aliphatic heterocycles. The third kappa shape index (κ3) is 4.66. The molecule has 0 aliphatic carbocycles. The van der Waals surface area contributed by atoms with E-state index in [9.17, 15) is 4.79 Å². The van der Waals surface area contributed by atoms with Crippen LogP contribution in [0.15, 0.2) is 30.3 Å². The predicted molar refractivity (Wildman–Crippen MR) is 124 cm³/mol. The SMILES string of the molecule is COc1ccc(Cl)cc1-c1cc2c(c(OC)c1)OCCN(C(=O)[C@H]1CCOC(C)(C)C1)C2. The van der Waals surface area contributed by atoms with Crippen LogP contribution in [-0.4, -0.2) is 50.4 Å². The van der Waals surface area contributed by atoms with Crippen LogP contribution in [0.3, 0.4) is 0 Å². The van der Waals surface area contributed by atoms with Crippen molar-refractivity contribution < 1.29 is 23.7 Å². The molecule has 0 N–H and O–H groups in total. The Labute approximate surface area is 194 Å². The van der Waals surface area contributed by atoms with Crippen LogP contribution in [-0.2, 0) is 16.1 Å². The Balaban J connectivity index is 1.68. The number of hydrogen-bond acceptors (Lipinski definition) is 5. The second-order valence-electron chi connectivity index (χ2n) is 8.92. The molecular weight excluding hydrogens is 430 g/mol. The Kier molecular flexibility index (Phi) is 6.54. The average Bonchev–Trinajstić information content (AvgIpc) is 2.99. The zero-order valence-electron chi connectivity index (χ0n) is 19.1. The summed E-state index contributed by atoms with van der Waals surface area (Å²) in [7, 11) is 3.25. The van der Waals surface area contributed by atoms with Gasteiger partial charge in [-0.2, -0.15) is 0 Å². The number of benzene rings is 2. The summed E-state index contributed by atoms with van der Waals surface area (Å²) in [5, 5.41) is 0.616. The highest BCUT2D eigenvalue weighted by atomic mass is 35.5. The summed E-state index contributed by atoms with van der Waals surface area (Å²) >= 11 is 6.27. The highest BCUT2D eigenvalue weighted by Crippen LogP contribution is 2.42. The Hall–Kier alpha value is -2.44. The van der Waals surface area contributed by atoms with Gasteiger partial charge in [0, 0.05) is 35.2 Å². The summed E-state index contributed by atoms with van der Waals surface area (Å²) in [6.07, 6.45) is 1.47. The highest BCUT2D eigenvalue weighted by Gasteiger charge is 2.36. The fourth-order valence-electron chi connectivity index (χ4n) is 4.59. The van der Waals surface area contributed by atoms with Gasteiger partial charge in [-0.15, -0.1) is 0 Å². The smallest absolute Gasteiger partial charge is 0.226 e. The number of halogens is 1. The molecule has 1 saturated heterocycles. The Morgan fingerprint density at radius 1 is 1.12 bits per heavy atom. The lowest BCUT2D eigenvalue weighted by Gasteiger charge is -2.36. The Morgan fingerprint density at radius 2 is 1.91 bits per heavy atom. The van der Waals surface area contributed by atoms with Crippen LogP contribution in [0.25, 0.3) is 11.1 Å². The first-order valence-electron chi connectivity index (χ1n) is 10.9. The quantitative estimate of drug-likeness (QED) is 0.647. The molecule has 0 bridgehead atoms. The minimum atomic E-state index is -0.279. The summed E-state index contributed by atoms with van der Waals surface area (Å²) < 4.78 is 23.1. The van der Waals surface area contributed by atoms with Gasteiger partial charge in [0.25, 0.3) is 0 Å². The minimum Gasteiger partial charge on any atom is -0.496 e. The molecule has 0 radical (unpaired) electrons. The van der Waals surface area contributed by atoms with E-state index in [4.69, 9.17) is 30.5 Å². The molecule has 1 amide bonds. The van der Waals surface area contributed by atoms with E-state index in [2.05, 4.69) is 0 Å². The molecule has 0 unspecified atom stereocenters. The Bertz CT molecular complexity index is 1010. The molecule has 2 aromatic rings. The lowest BCUT2D eigenvalue weighted by molar-refractivity contribution is -0.146. The van der Waals surface area contributed by atoms with Crippen molar-refractivity contribution in [1.29, 1.82) is 0 Å². The van der Waals surface area contributed by atoms with Crippen LogP contribution in [0.4, 0.5) is 0 Å². The van der Waals surface area contributed by atoms with E-state index in [0.29, 0.717) is 48.6 Å². The number of nitrogens with zero attached hydrogens (tertiary/aromatic N) is 1. The second kappa shape index (κ2) is 9.20. The van der Waals surface area contributed by atoms with E-state index in [1.54, 1.807) is 20.3 Å². The van der Waals surface area contributed by atoms with Crippen LogP contribution < -0.4 is 14.2 Å². The van der Waals surface area contributed by atoms with Gasteiger partial charge in [-0.1, -0.05) is 11.6 Å². The molecule has 172 valence electrons. The average molecular weight is 460 g/mol. The molecule has 0 aromatic heterocycles. The van der Waals surface area contributed by atoms with Crippen LogP contribution in [0, 0.1) is 5.92 Å². The largest absolute Gasteiger partial charge is 0.496 e. The predicted octanol–water partition coefficient (Wildman–Crippen LogP) is 4.95. The maximum Gasteiger partial charge on any atom is 0.226 e. The molecule has 7 heteroatoms. The van der Waals surface area contributed by atoms with E-state index < -0.39 is 0 Å². The number of amides is 1. The van der Waals surface area contributed by atoms with Crippen molar-refractivity contribution in [2.24, 2.45) is 5.92 Å². The standard InChI is InChI=1S/C25H30ClNO5/c1-25(2)14-16(7-9-32-25)24(28)27-8-10-31-23-18(15-27)11-17(12-22(23)30-4)20-13-19(26)5-6-21(20)29-3/h5-6,11-13,16H,7-10,14-15H2,1-4H3/t16-/m0/s1. The number of rotatable bonds is 4. The van der Waals surface area contributed by atoms with Crippen molar-refractivity contribution in [1.82, 2.24) is 4.90 Å². The minimum absolute atomic E-state index is 0.0431.